The number of aryl methyl sites for hydroxylation is 3. The number of carbonyl (C=O) groups is 1. The quantitative estimate of drug-likeness (QED) is 0.627. The lowest BCUT2D eigenvalue weighted by Gasteiger charge is -2.32. The third-order valence-corrected chi connectivity index (χ3v) is 6.82. The van der Waals surface area contributed by atoms with Crippen molar-refractivity contribution < 1.29 is 4.79 Å². The topological polar surface area (TPSA) is 32.3 Å². The molecule has 0 bridgehead atoms. The molecule has 1 fully saturated rings. The first-order valence-electron chi connectivity index (χ1n) is 10.3. The third-order valence-electron chi connectivity index (χ3n) is 6.11. The molecule has 29 heavy (non-hydrogen) atoms. The van der Waals surface area contributed by atoms with Gasteiger partial charge in [0.15, 0.2) is 0 Å². The molecule has 1 N–H and O–H groups in total. The van der Waals surface area contributed by atoms with Crippen LogP contribution in [0.15, 0.2) is 30.3 Å². The minimum Gasteiger partial charge on any atom is -0.349 e. The van der Waals surface area contributed by atoms with Crippen molar-refractivity contribution in [2.24, 2.45) is 5.92 Å². The van der Waals surface area contributed by atoms with E-state index in [0.29, 0.717) is 10.0 Å². The molecule has 3 rings (SSSR count). The van der Waals surface area contributed by atoms with Gasteiger partial charge in [0.2, 0.25) is 5.91 Å². The molecule has 0 aromatic heterocycles. The minimum atomic E-state index is 0.0155. The fourth-order valence-electron chi connectivity index (χ4n) is 4.12. The fourth-order valence-corrected chi connectivity index (χ4v) is 4.64. The first kappa shape index (κ1) is 22.1. The third kappa shape index (κ3) is 5.33. The Labute approximate surface area is 184 Å². The highest BCUT2D eigenvalue weighted by Crippen LogP contribution is 2.28. The number of nitrogens with one attached hydrogen (secondary N) is 1. The van der Waals surface area contributed by atoms with E-state index >= 15 is 0 Å². The smallest absolute Gasteiger partial charge is 0.223 e. The van der Waals surface area contributed by atoms with Gasteiger partial charge in [-0.1, -0.05) is 41.4 Å². The molecule has 3 nitrogen and oxygen atoms in total. The Morgan fingerprint density at radius 2 is 1.66 bits per heavy atom. The number of amides is 1. The van der Waals surface area contributed by atoms with Crippen LogP contribution in [0.4, 0.5) is 0 Å². The molecule has 0 unspecified atom stereocenters. The summed E-state index contributed by atoms with van der Waals surface area (Å²) in [6.07, 6.45) is 1.71. The van der Waals surface area contributed by atoms with Crippen LogP contribution in [0.1, 0.15) is 53.6 Å². The van der Waals surface area contributed by atoms with Crippen molar-refractivity contribution in [1.82, 2.24) is 10.2 Å². The molecule has 0 radical (unpaired) electrons. The molecule has 1 saturated heterocycles. The van der Waals surface area contributed by atoms with E-state index in [-0.39, 0.29) is 17.9 Å². The van der Waals surface area contributed by atoms with E-state index in [1.165, 1.54) is 22.3 Å². The Hall–Kier alpha value is -1.55. The normalized spacial score (nSPS) is 16.6. The van der Waals surface area contributed by atoms with Crippen molar-refractivity contribution in [2.75, 3.05) is 13.1 Å². The molecule has 156 valence electrons. The summed E-state index contributed by atoms with van der Waals surface area (Å²) in [5.41, 5.74) is 5.95. The maximum absolute atomic E-state index is 12.8. The Bertz CT molecular complexity index is 868. The van der Waals surface area contributed by atoms with Crippen LogP contribution in [0.3, 0.4) is 0 Å². The van der Waals surface area contributed by atoms with E-state index < -0.39 is 0 Å². The highest BCUT2D eigenvalue weighted by molar-refractivity contribution is 6.35. The second-order valence-corrected chi connectivity index (χ2v) is 9.09. The lowest BCUT2D eigenvalue weighted by molar-refractivity contribution is -0.127. The maximum atomic E-state index is 12.8. The molecule has 1 aliphatic rings. The molecule has 1 aliphatic heterocycles. The van der Waals surface area contributed by atoms with Crippen molar-refractivity contribution in [3.63, 3.8) is 0 Å². The molecular formula is C24H30Cl2N2O. The molecule has 0 aliphatic carbocycles. The average molecular weight is 433 g/mol. The van der Waals surface area contributed by atoms with E-state index in [0.717, 1.165) is 38.0 Å². The summed E-state index contributed by atoms with van der Waals surface area (Å²) in [4.78, 5) is 15.2. The predicted molar refractivity (Wildman–Crippen MR) is 122 cm³/mol. The Morgan fingerprint density at radius 3 is 2.28 bits per heavy atom. The number of hydrogen-bond acceptors (Lipinski definition) is 2. The molecule has 2 aromatic rings. The van der Waals surface area contributed by atoms with Crippen molar-refractivity contribution in [1.29, 1.82) is 0 Å². The Kier molecular flexibility index (Phi) is 7.26. The van der Waals surface area contributed by atoms with Crippen molar-refractivity contribution >= 4 is 29.1 Å². The van der Waals surface area contributed by atoms with Gasteiger partial charge in [-0.3, -0.25) is 9.69 Å². The molecule has 1 amide bonds. The van der Waals surface area contributed by atoms with Crippen molar-refractivity contribution in [2.45, 2.75) is 53.1 Å². The van der Waals surface area contributed by atoms with E-state index in [1.54, 1.807) is 0 Å². The number of nitrogens with zero attached hydrogens (tertiary/aromatic N) is 1. The van der Waals surface area contributed by atoms with Crippen LogP contribution in [-0.4, -0.2) is 23.9 Å². The first-order chi connectivity index (χ1) is 13.8. The zero-order valence-electron chi connectivity index (χ0n) is 17.7. The number of piperidine rings is 1. The minimum absolute atomic E-state index is 0.0155. The summed E-state index contributed by atoms with van der Waals surface area (Å²) >= 11 is 12.6. The Morgan fingerprint density at radius 1 is 1.07 bits per heavy atom. The van der Waals surface area contributed by atoms with Gasteiger partial charge in [0.1, 0.15) is 0 Å². The molecule has 2 aromatic carbocycles. The lowest BCUT2D eigenvalue weighted by atomic mass is 9.93. The predicted octanol–water partition coefficient (Wildman–Crippen LogP) is 6.01. The van der Waals surface area contributed by atoms with Crippen LogP contribution in [0.5, 0.6) is 0 Å². The number of rotatable bonds is 5. The number of hydrogen-bond donors (Lipinski definition) is 1. The monoisotopic (exact) mass is 432 g/mol. The standard InChI is InChI=1S/C24H30Cl2N2O/c1-15-12-17(3)20(13-16(15)2)18(4)27-24(29)19-8-10-28(11-9-19)14-21-22(25)6-5-7-23(21)26/h5-7,12-13,18-19H,8-11,14H2,1-4H3,(H,27,29)/t18-/m1/s1. The van der Waals surface area contributed by atoms with Gasteiger partial charge in [-0.15, -0.1) is 0 Å². The van der Waals surface area contributed by atoms with E-state index in [2.05, 4.69) is 50.0 Å². The van der Waals surface area contributed by atoms with Crippen LogP contribution in [0.25, 0.3) is 0 Å². The summed E-state index contributed by atoms with van der Waals surface area (Å²) in [5.74, 6) is 0.216. The zero-order chi connectivity index (χ0) is 21.1. The number of benzene rings is 2. The molecule has 0 saturated carbocycles. The Balaban J connectivity index is 1.55. The first-order valence-corrected chi connectivity index (χ1v) is 11.0. The second kappa shape index (κ2) is 9.51. The van der Waals surface area contributed by atoms with Gasteiger partial charge >= 0.3 is 0 Å². The summed E-state index contributed by atoms with van der Waals surface area (Å²) in [6, 6.07) is 10.0. The van der Waals surface area contributed by atoms with Gasteiger partial charge in [-0.2, -0.15) is 0 Å². The summed E-state index contributed by atoms with van der Waals surface area (Å²) in [7, 11) is 0. The number of halogens is 2. The van der Waals surface area contributed by atoms with Gasteiger partial charge in [-0.25, -0.2) is 0 Å². The van der Waals surface area contributed by atoms with Crippen LogP contribution in [0.2, 0.25) is 10.0 Å². The molecule has 5 heteroatoms. The van der Waals surface area contributed by atoms with Crippen molar-refractivity contribution in [3.05, 3.63) is 68.2 Å². The molecule has 0 spiro atoms. The summed E-state index contributed by atoms with van der Waals surface area (Å²) in [6.45, 7) is 10.9. The van der Waals surface area contributed by atoms with E-state index in [1.807, 2.05) is 18.2 Å². The van der Waals surface area contributed by atoms with Gasteiger partial charge in [-0.05, 0) is 88.0 Å². The van der Waals surface area contributed by atoms with Gasteiger partial charge in [0.25, 0.3) is 0 Å². The molecular weight excluding hydrogens is 403 g/mol. The zero-order valence-corrected chi connectivity index (χ0v) is 19.2. The maximum Gasteiger partial charge on any atom is 0.223 e. The number of likely N-dealkylation sites (tertiary alicyclic amines) is 1. The summed E-state index contributed by atoms with van der Waals surface area (Å²) in [5, 5.41) is 4.64. The van der Waals surface area contributed by atoms with Crippen LogP contribution in [-0.2, 0) is 11.3 Å². The number of carbonyl (C=O) groups excluding carboxylic acids is 1. The van der Waals surface area contributed by atoms with Crippen LogP contribution >= 0.6 is 23.2 Å². The van der Waals surface area contributed by atoms with Crippen molar-refractivity contribution in [3.8, 4) is 0 Å². The highest BCUT2D eigenvalue weighted by Gasteiger charge is 2.27. The fraction of sp³-hybridized carbons (Fsp3) is 0.458. The van der Waals surface area contributed by atoms with Gasteiger partial charge in [0, 0.05) is 28.1 Å². The largest absolute Gasteiger partial charge is 0.349 e. The van der Waals surface area contributed by atoms with Gasteiger partial charge < -0.3 is 5.32 Å². The average Bonchev–Trinajstić information content (AvgIpc) is 2.68. The van der Waals surface area contributed by atoms with E-state index in [4.69, 9.17) is 23.2 Å². The molecule has 1 heterocycles. The SMILES string of the molecule is Cc1cc(C)c([C@@H](C)NC(=O)C2CCN(Cc3c(Cl)cccc3Cl)CC2)cc1C. The van der Waals surface area contributed by atoms with Crippen LogP contribution < -0.4 is 5.32 Å². The highest BCUT2D eigenvalue weighted by atomic mass is 35.5. The van der Waals surface area contributed by atoms with Gasteiger partial charge in [0.05, 0.1) is 6.04 Å². The van der Waals surface area contributed by atoms with E-state index in [9.17, 15) is 4.79 Å². The lowest BCUT2D eigenvalue weighted by Crippen LogP contribution is -2.41. The second-order valence-electron chi connectivity index (χ2n) is 8.27. The molecule has 1 atom stereocenters. The summed E-state index contributed by atoms with van der Waals surface area (Å²) < 4.78 is 0. The van der Waals surface area contributed by atoms with Crippen LogP contribution in [0, 0.1) is 26.7 Å².